The Balaban J connectivity index is 1.33. The third-order valence-electron chi connectivity index (χ3n) is 8.00. The first kappa shape index (κ1) is 21.1. The first-order valence-corrected chi connectivity index (χ1v) is 14.0. The summed E-state index contributed by atoms with van der Waals surface area (Å²) >= 11 is 1.88. The van der Waals surface area contributed by atoms with Crippen molar-refractivity contribution in [3.63, 3.8) is 0 Å². The minimum Gasteiger partial charge on any atom is -0.455 e. The van der Waals surface area contributed by atoms with Gasteiger partial charge in [-0.05, 0) is 53.6 Å². The van der Waals surface area contributed by atoms with E-state index in [9.17, 15) is 0 Å². The zero-order valence-corrected chi connectivity index (χ0v) is 21.7. The number of hydrogen-bond acceptors (Lipinski definition) is 2. The molecule has 3 heteroatoms. The molecule has 0 N–H and O–H groups in total. The molecule has 0 spiro atoms. The molecule has 3 heterocycles. The molecule has 6 aromatic carbocycles. The summed E-state index contributed by atoms with van der Waals surface area (Å²) in [5.74, 6) is 0. The van der Waals surface area contributed by atoms with Crippen molar-refractivity contribution in [2.24, 2.45) is 0 Å². The van der Waals surface area contributed by atoms with Crippen LogP contribution in [0.2, 0.25) is 0 Å². The van der Waals surface area contributed by atoms with Crippen LogP contribution in [0.1, 0.15) is 0 Å². The molecule has 0 saturated carbocycles. The third kappa shape index (κ3) is 2.91. The first-order valence-electron chi connectivity index (χ1n) is 13.2. The molecular formula is C36H21NOS. The van der Waals surface area contributed by atoms with Gasteiger partial charge in [0.15, 0.2) is 0 Å². The highest BCUT2D eigenvalue weighted by Crippen LogP contribution is 2.42. The minimum atomic E-state index is 0.926. The number of nitrogens with zero attached hydrogens (tertiary/aromatic N) is 1. The molecule has 39 heavy (non-hydrogen) atoms. The highest BCUT2D eigenvalue weighted by atomic mass is 32.1. The molecule has 0 fully saturated rings. The quantitative estimate of drug-likeness (QED) is 0.224. The largest absolute Gasteiger partial charge is 0.455 e. The molecule has 182 valence electrons. The lowest BCUT2D eigenvalue weighted by Gasteiger charge is -2.11. The van der Waals surface area contributed by atoms with Crippen molar-refractivity contribution >= 4 is 75.3 Å². The van der Waals surface area contributed by atoms with Crippen molar-refractivity contribution < 1.29 is 4.42 Å². The van der Waals surface area contributed by atoms with Gasteiger partial charge in [-0.2, -0.15) is 0 Å². The van der Waals surface area contributed by atoms with Crippen LogP contribution in [0.25, 0.3) is 80.7 Å². The summed E-state index contributed by atoms with van der Waals surface area (Å²) in [6, 6.07) is 45.7. The number of hydrogen-bond donors (Lipinski definition) is 0. The van der Waals surface area contributed by atoms with Gasteiger partial charge in [0.2, 0.25) is 0 Å². The van der Waals surface area contributed by atoms with Gasteiger partial charge in [-0.3, -0.25) is 0 Å². The second kappa shape index (κ2) is 7.83. The molecule has 0 saturated heterocycles. The minimum absolute atomic E-state index is 0.926. The van der Waals surface area contributed by atoms with E-state index in [0.29, 0.717) is 0 Å². The maximum atomic E-state index is 6.48. The molecule has 0 aliphatic heterocycles. The van der Waals surface area contributed by atoms with Gasteiger partial charge in [-0.1, -0.05) is 84.9 Å². The molecule has 9 aromatic rings. The van der Waals surface area contributed by atoms with Gasteiger partial charge >= 0.3 is 0 Å². The normalized spacial score (nSPS) is 12.1. The van der Waals surface area contributed by atoms with Crippen LogP contribution in [-0.4, -0.2) is 4.57 Å². The van der Waals surface area contributed by atoms with Gasteiger partial charge in [-0.25, -0.2) is 0 Å². The fourth-order valence-electron chi connectivity index (χ4n) is 6.30. The van der Waals surface area contributed by atoms with Crippen LogP contribution in [0.15, 0.2) is 132 Å². The molecule has 0 aliphatic rings. The lowest BCUT2D eigenvalue weighted by Crippen LogP contribution is -1.94. The standard InChI is InChI=1S/C36H21NOS/c1-4-16-30-29(13-1)34-31(20-19-27-25-11-2-5-17-32(25)38-35(27)34)37(30)23-10-7-9-22(21-23)24-14-8-15-28-26-12-3-6-18-33(26)39-36(24)28/h1-21H. The lowest BCUT2D eigenvalue weighted by atomic mass is 10.0. The Morgan fingerprint density at radius 3 is 2.26 bits per heavy atom. The Bertz CT molecular complexity index is 2400. The zero-order valence-electron chi connectivity index (χ0n) is 20.9. The maximum absolute atomic E-state index is 6.48. The smallest absolute Gasteiger partial charge is 0.145 e. The molecular weight excluding hydrogens is 494 g/mol. The van der Waals surface area contributed by atoms with E-state index in [1.54, 1.807) is 0 Å². The van der Waals surface area contributed by atoms with Crippen LogP contribution in [0.5, 0.6) is 0 Å². The number of thiophene rings is 1. The van der Waals surface area contributed by atoms with Gasteiger partial charge in [0.25, 0.3) is 0 Å². The summed E-state index contributed by atoms with van der Waals surface area (Å²) in [6.07, 6.45) is 0. The molecule has 2 nitrogen and oxygen atoms in total. The van der Waals surface area contributed by atoms with E-state index >= 15 is 0 Å². The SMILES string of the molecule is c1cc(-c2cccc3c2sc2ccccc23)cc(-n2c3ccccc3c3c4oc5ccccc5c4ccc32)c1. The average molecular weight is 516 g/mol. The molecule has 0 bridgehead atoms. The van der Waals surface area contributed by atoms with E-state index < -0.39 is 0 Å². The van der Waals surface area contributed by atoms with E-state index in [4.69, 9.17) is 4.42 Å². The molecule has 9 rings (SSSR count). The van der Waals surface area contributed by atoms with Crippen molar-refractivity contribution in [3.8, 4) is 16.8 Å². The maximum Gasteiger partial charge on any atom is 0.145 e. The number of para-hydroxylation sites is 2. The highest BCUT2D eigenvalue weighted by molar-refractivity contribution is 7.26. The molecule has 0 amide bonds. The van der Waals surface area contributed by atoms with Gasteiger partial charge in [0.05, 0.1) is 16.4 Å². The predicted molar refractivity (Wildman–Crippen MR) is 166 cm³/mol. The topological polar surface area (TPSA) is 18.1 Å². The van der Waals surface area contributed by atoms with E-state index in [1.807, 2.05) is 17.4 Å². The van der Waals surface area contributed by atoms with Crippen LogP contribution < -0.4 is 0 Å². The van der Waals surface area contributed by atoms with Gasteiger partial charge in [-0.15, -0.1) is 11.3 Å². The highest BCUT2D eigenvalue weighted by Gasteiger charge is 2.19. The number of furan rings is 1. The Hall–Kier alpha value is -4.86. The number of rotatable bonds is 2. The number of aromatic nitrogens is 1. The van der Waals surface area contributed by atoms with Crippen LogP contribution in [-0.2, 0) is 0 Å². The summed E-state index contributed by atoms with van der Waals surface area (Å²) in [5, 5.41) is 7.33. The first-order chi connectivity index (χ1) is 19.3. The van der Waals surface area contributed by atoms with Crippen LogP contribution >= 0.6 is 11.3 Å². The zero-order chi connectivity index (χ0) is 25.5. The van der Waals surface area contributed by atoms with Crippen LogP contribution in [0.3, 0.4) is 0 Å². The number of benzene rings is 6. The van der Waals surface area contributed by atoms with Crippen molar-refractivity contribution in [2.45, 2.75) is 0 Å². The monoisotopic (exact) mass is 515 g/mol. The van der Waals surface area contributed by atoms with E-state index in [0.717, 1.165) is 38.5 Å². The van der Waals surface area contributed by atoms with Gasteiger partial charge < -0.3 is 8.98 Å². The van der Waals surface area contributed by atoms with E-state index in [1.165, 1.54) is 42.2 Å². The van der Waals surface area contributed by atoms with Crippen LogP contribution in [0.4, 0.5) is 0 Å². The lowest BCUT2D eigenvalue weighted by molar-refractivity contribution is 0.673. The Kier molecular flexibility index (Phi) is 4.24. The third-order valence-corrected chi connectivity index (χ3v) is 9.22. The Morgan fingerprint density at radius 2 is 1.31 bits per heavy atom. The van der Waals surface area contributed by atoms with Crippen molar-refractivity contribution in [2.75, 3.05) is 0 Å². The molecule has 0 atom stereocenters. The van der Waals surface area contributed by atoms with E-state index in [2.05, 4.69) is 126 Å². The molecule has 0 radical (unpaired) electrons. The van der Waals surface area contributed by atoms with E-state index in [-0.39, 0.29) is 0 Å². The van der Waals surface area contributed by atoms with Crippen molar-refractivity contribution in [1.29, 1.82) is 0 Å². The van der Waals surface area contributed by atoms with Gasteiger partial charge in [0.1, 0.15) is 11.2 Å². The average Bonchev–Trinajstić information content (AvgIpc) is 3.66. The number of fused-ring (bicyclic) bond motifs is 10. The summed E-state index contributed by atoms with van der Waals surface area (Å²) in [5.41, 5.74) is 7.85. The predicted octanol–water partition coefficient (Wildman–Crippen LogP) is 10.7. The van der Waals surface area contributed by atoms with Crippen molar-refractivity contribution in [3.05, 3.63) is 127 Å². The fourth-order valence-corrected chi connectivity index (χ4v) is 7.54. The molecule has 3 aromatic heterocycles. The summed E-state index contributed by atoms with van der Waals surface area (Å²) in [7, 11) is 0. The fraction of sp³-hybridized carbons (Fsp3) is 0. The summed E-state index contributed by atoms with van der Waals surface area (Å²) in [6.45, 7) is 0. The van der Waals surface area contributed by atoms with Crippen molar-refractivity contribution in [1.82, 2.24) is 4.57 Å². The Morgan fingerprint density at radius 1 is 0.538 bits per heavy atom. The Labute approximate surface area is 227 Å². The van der Waals surface area contributed by atoms with Crippen LogP contribution in [0, 0.1) is 0 Å². The molecule has 0 unspecified atom stereocenters. The summed E-state index contributed by atoms with van der Waals surface area (Å²) in [4.78, 5) is 0. The molecule has 0 aliphatic carbocycles. The summed E-state index contributed by atoms with van der Waals surface area (Å²) < 4.78 is 11.5. The second-order valence-electron chi connectivity index (χ2n) is 10.1. The van der Waals surface area contributed by atoms with Gasteiger partial charge in [0, 0.05) is 42.0 Å². The second-order valence-corrected chi connectivity index (χ2v) is 11.2.